The van der Waals surface area contributed by atoms with Crippen LogP contribution in [-0.2, 0) is 12.8 Å². The van der Waals surface area contributed by atoms with Gasteiger partial charge in [-0.15, -0.1) is 0 Å². The Kier molecular flexibility index (Phi) is 4.00. The van der Waals surface area contributed by atoms with Crippen molar-refractivity contribution in [2.75, 3.05) is 0 Å². The number of aromatic nitrogens is 2. The Morgan fingerprint density at radius 1 is 1.26 bits per heavy atom. The molecule has 0 aliphatic rings. The first-order valence-electron chi connectivity index (χ1n) is 6.70. The van der Waals surface area contributed by atoms with Crippen LogP contribution in [-0.4, -0.2) is 9.78 Å². The zero-order valence-corrected chi connectivity index (χ0v) is 11.7. The Hall–Kier alpha value is -1.68. The van der Waals surface area contributed by atoms with E-state index in [-0.39, 0.29) is 11.9 Å². The highest BCUT2D eigenvalue weighted by atomic mass is 19.1. The number of hydrogen-bond acceptors (Lipinski definition) is 2. The van der Waals surface area contributed by atoms with Crippen LogP contribution in [0.4, 0.5) is 4.39 Å². The third-order valence-corrected chi connectivity index (χ3v) is 3.28. The molecule has 0 aliphatic carbocycles. The zero-order chi connectivity index (χ0) is 14.0. The molecule has 102 valence electrons. The van der Waals surface area contributed by atoms with Crippen LogP contribution >= 0.6 is 0 Å². The smallest absolute Gasteiger partial charge is 0.149 e. The molecule has 1 atom stereocenters. The minimum Gasteiger partial charge on any atom is -0.324 e. The number of benzene rings is 1. The van der Waals surface area contributed by atoms with Crippen molar-refractivity contribution in [2.45, 2.75) is 39.7 Å². The molecule has 0 fully saturated rings. The molecule has 3 nitrogen and oxygen atoms in total. The van der Waals surface area contributed by atoms with Crippen molar-refractivity contribution in [3.05, 3.63) is 47.0 Å². The van der Waals surface area contributed by atoms with Gasteiger partial charge in [0.05, 0.1) is 5.69 Å². The maximum atomic E-state index is 14.2. The van der Waals surface area contributed by atoms with E-state index in [0.717, 1.165) is 29.8 Å². The van der Waals surface area contributed by atoms with Gasteiger partial charge in [-0.3, -0.25) is 0 Å². The first kappa shape index (κ1) is 13.7. The predicted molar refractivity (Wildman–Crippen MR) is 74.9 cm³/mol. The predicted octanol–water partition coefficient (Wildman–Crippen LogP) is 3.16. The van der Waals surface area contributed by atoms with E-state index in [2.05, 4.69) is 5.10 Å². The van der Waals surface area contributed by atoms with Gasteiger partial charge in [-0.2, -0.15) is 5.10 Å². The molecular formula is C15H20FN3. The van der Waals surface area contributed by atoms with E-state index in [0.29, 0.717) is 5.69 Å². The van der Waals surface area contributed by atoms with E-state index in [9.17, 15) is 4.39 Å². The van der Waals surface area contributed by atoms with Crippen LogP contribution in [0.25, 0.3) is 5.69 Å². The summed E-state index contributed by atoms with van der Waals surface area (Å²) in [7, 11) is 0. The minimum atomic E-state index is -0.282. The second-order valence-corrected chi connectivity index (χ2v) is 4.75. The number of aryl methyl sites for hydroxylation is 2. The van der Waals surface area contributed by atoms with Crippen molar-refractivity contribution in [3.8, 4) is 5.69 Å². The fourth-order valence-electron chi connectivity index (χ4n) is 2.09. The summed E-state index contributed by atoms with van der Waals surface area (Å²) >= 11 is 0. The monoisotopic (exact) mass is 261 g/mol. The molecule has 2 rings (SSSR count). The lowest BCUT2D eigenvalue weighted by Gasteiger charge is -2.10. The van der Waals surface area contributed by atoms with Gasteiger partial charge in [-0.25, -0.2) is 9.07 Å². The molecule has 0 unspecified atom stereocenters. The zero-order valence-electron chi connectivity index (χ0n) is 11.7. The second-order valence-electron chi connectivity index (χ2n) is 4.75. The lowest BCUT2D eigenvalue weighted by molar-refractivity contribution is 0.601. The van der Waals surface area contributed by atoms with E-state index in [1.165, 1.54) is 6.07 Å². The standard InChI is InChI=1S/C15H20FN3/c1-4-12-9-13(5-2)19(18-12)15-7-6-11(10(3)17)8-14(15)16/h6-10H,4-5,17H2,1-3H3/t10-/m1/s1. The number of hydrogen-bond donors (Lipinski definition) is 1. The van der Waals surface area contributed by atoms with Crippen LogP contribution in [0, 0.1) is 5.82 Å². The van der Waals surface area contributed by atoms with Gasteiger partial charge in [0.1, 0.15) is 11.5 Å². The number of nitrogens with two attached hydrogens (primary N) is 1. The molecule has 1 heterocycles. The van der Waals surface area contributed by atoms with E-state index in [4.69, 9.17) is 5.73 Å². The fraction of sp³-hybridized carbons (Fsp3) is 0.400. The highest BCUT2D eigenvalue weighted by molar-refractivity contribution is 5.38. The Balaban J connectivity index is 2.49. The summed E-state index contributed by atoms with van der Waals surface area (Å²) in [6.45, 7) is 5.93. The first-order chi connectivity index (χ1) is 9.06. The third-order valence-electron chi connectivity index (χ3n) is 3.28. The quantitative estimate of drug-likeness (QED) is 0.918. The average molecular weight is 261 g/mol. The van der Waals surface area contributed by atoms with Gasteiger partial charge in [-0.05, 0) is 43.5 Å². The molecule has 1 aromatic heterocycles. The summed E-state index contributed by atoms with van der Waals surface area (Å²) < 4.78 is 15.9. The summed E-state index contributed by atoms with van der Waals surface area (Å²) in [5.41, 5.74) is 9.04. The molecule has 4 heteroatoms. The largest absolute Gasteiger partial charge is 0.324 e. The second kappa shape index (κ2) is 5.53. The van der Waals surface area contributed by atoms with Gasteiger partial charge < -0.3 is 5.73 Å². The summed E-state index contributed by atoms with van der Waals surface area (Å²) in [4.78, 5) is 0. The van der Waals surface area contributed by atoms with Crippen molar-refractivity contribution in [1.82, 2.24) is 9.78 Å². The molecule has 0 radical (unpaired) electrons. The van der Waals surface area contributed by atoms with Gasteiger partial charge >= 0.3 is 0 Å². The summed E-state index contributed by atoms with van der Waals surface area (Å²) in [5.74, 6) is -0.282. The van der Waals surface area contributed by atoms with Crippen LogP contribution in [0.2, 0.25) is 0 Å². The molecule has 2 N–H and O–H groups in total. The lowest BCUT2D eigenvalue weighted by atomic mass is 10.1. The van der Waals surface area contributed by atoms with Crippen molar-refractivity contribution in [1.29, 1.82) is 0 Å². The molecule has 0 saturated heterocycles. The highest BCUT2D eigenvalue weighted by Crippen LogP contribution is 2.20. The van der Waals surface area contributed by atoms with Gasteiger partial charge in [-0.1, -0.05) is 19.9 Å². The minimum absolute atomic E-state index is 0.169. The van der Waals surface area contributed by atoms with Crippen molar-refractivity contribution in [2.24, 2.45) is 5.73 Å². The molecule has 2 aromatic rings. The van der Waals surface area contributed by atoms with E-state index >= 15 is 0 Å². The fourth-order valence-corrected chi connectivity index (χ4v) is 2.09. The van der Waals surface area contributed by atoms with E-state index < -0.39 is 0 Å². The van der Waals surface area contributed by atoms with E-state index in [1.54, 1.807) is 10.7 Å². The number of halogens is 1. The molecule has 1 aromatic carbocycles. The van der Waals surface area contributed by atoms with Gasteiger partial charge in [0.25, 0.3) is 0 Å². The first-order valence-corrected chi connectivity index (χ1v) is 6.70. The molecule has 0 spiro atoms. The number of nitrogens with zero attached hydrogens (tertiary/aromatic N) is 2. The Labute approximate surface area is 113 Å². The topological polar surface area (TPSA) is 43.8 Å². The molecular weight excluding hydrogens is 241 g/mol. The van der Waals surface area contributed by atoms with Crippen molar-refractivity contribution < 1.29 is 4.39 Å². The van der Waals surface area contributed by atoms with Gasteiger partial charge in [0, 0.05) is 11.7 Å². The van der Waals surface area contributed by atoms with Crippen LogP contribution in [0.1, 0.15) is 43.8 Å². The van der Waals surface area contributed by atoms with Gasteiger partial charge in [0.2, 0.25) is 0 Å². The molecule has 0 saturated carbocycles. The Morgan fingerprint density at radius 3 is 2.53 bits per heavy atom. The van der Waals surface area contributed by atoms with Crippen LogP contribution in [0.3, 0.4) is 0 Å². The molecule has 0 bridgehead atoms. The summed E-state index contributed by atoms with van der Waals surface area (Å²) in [5, 5.41) is 4.45. The maximum Gasteiger partial charge on any atom is 0.149 e. The SMILES string of the molecule is CCc1cc(CC)n(-c2ccc([C@@H](C)N)cc2F)n1. The number of rotatable bonds is 4. The summed E-state index contributed by atoms with van der Waals surface area (Å²) in [6.07, 6.45) is 1.67. The van der Waals surface area contributed by atoms with Gasteiger partial charge in [0.15, 0.2) is 0 Å². The highest BCUT2D eigenvalue weighted by Gasteiger charge is 2.12. The average Bonchev–Trinajstić information content (AvgIpc) is 2.81. The molecule has 0 aliphatic heterocycles. The third kappa shape index (κ3) is 2.68. The maximum absolute atomic E-state index is 14.2. The Morgan fingerprint density at radius 2 is 2.00 bits per heavy atom. The lowest BCUT2D eigenvalue weighted by Crippen LogP contribution is -2.08. The summed E-state index contributed by atoms with van der Waals surface area (Å²) in [6, 6.07) is 6.96. The van der Waals surface area contributed by atoms with Crippen molar-refractivity contribution >= 4 is 0 Å². The van der Waals surface area contributed by atoms with Crippen molar-refractivity contribution in [3.63, 3.8) is 0 Å². The normalized spacial score (nSPS) is 12.7. The molecule has 0 amide bonds. The molecule has 19 heavy (non-hydrogen) atoms. The Bertz CT molecular complexity index is 573. The van der Waals surface area contributed by atoms with Crippen LogP contribution in [0.15, 0.2) is 24.3 Å². The van der Waals surface area contributed by atoms with E-state index in [1.807, 2.05) is 32.9 Å². The van der Waals surface area contributed by atoms with Crippen LogP contribution < -0.4 is 5.73 Å². The van der Waals surface area contributed by atoms with Crippen LogP contribution in [0.5, 0.6) is 0 Å².